The molecule has 0 spiro atoms. The molecule has 0 aliphatic rings. The minimum atomic E-state index is -0.272. The van der Waals surface area contributed by atoms with Crippen LogP contribution in [0.25, 0.3) is 0 Å². The van der Waals surface area contributed by atoms with Crippen LogP contribution in [0.1, 0.15) is 11.1 Å². The molecule has 0 saturated carbocycles. The smallest absolute Gasteiger partial charge is 0.315 e. The maximum Gasteiger partial charge on any atom is 0.315 e. The zero-order valence-corrected chi connectivity index (χ0v) is 10.8. The van der Waals surface area contributed by atoms with Gasteiger partial charge in [0.05, 0.1) is 6.42 Å². The van der Waals surface area contributed by atoms with Crippen molar-refractivity contribution in [2.75, 3.05) is 0 Å². The van der Waals surface area contributed by atoms with Crippen LogP contribution >= 0.6 is 11.6 Å². The Morgan fingerprint density at radius 2 is 1.78 bits per heavy atom. The lowest BCUT2D eigenvalue weighted by atomic mass is 10.1. The van der Waals surface area contributed by atoms with E-state index in [1.165, 1.54) is 0 Å². The van der Waals surface area contributed by atoms with E-state index >= 15 is 0 Å². The first-order valence-corrected chi connectivity index (χ1v) is 6.04. The third-order valence-corrected chi connectivity index (χ3v) is 2.83. The Morgan fingerprint density at radius 1 is 1.11 bits per heavy atom. The number of hydrogen-bond acceptors (Lipinski definition) is 2. The fraction of sp³-hybridized carbons (Fsp3) is 0.133. The molecule has 0 aromatic heterocycles. The number of carbonyl (C=O) groups excluding carboxylic acids is 1. The zero-order chi connectivity index (χ0) is 13.0. The van der Waals surface area contributed by atoms with Crippen molar-refractivity contribution in [2.45, 2.75) is 13.3 Å². The van der Waals surface area contributed by atoms with Gasteiger partial charge in [0.2, 0.25) is 0 Å². The third-order valence-electron chi connectivity index (χ3n) is 2.58. The molecule has 0 fully saturated rings. The summed E-state index contributed by atoms with van der Waals surface area (Å²) in [5.74, 6) is 0.336. The Labute approximate surface area is 111 Å². The largest absolute Gasteiger partial charge is 0.426 e. The standard InChI is InChI=1S/C15H13ClO2/c1-11-4-2-3-5-14(11)18-15(17)10-12-6-8-13(16)9-7-12/h2-9H,10H2,1H3. The highest BCUT2D eigenvalue weighted by atomic mass is 35.5. The highest BCUT2D eigenvalue weighted by molar-refractivity contribution is 6.30. The molecular formula is C15H13ClO2. The van der Waals surface area contributed by atoms with Gasteiger partial charge in [-0.25, -0.2) is 0 Å². The first-order chi connectivity index (χ1) is 8.65. The number of esters is 1. The van der Waals surface area contributed by atoms with Gasteiger partial charge in [0, 0.05) is 5.02 Å². The van der Waals surface area contributed by atoms with Gasteiger partial charge in [0.25, 0.3) is 0 Å². The molecule has 2 aromatic rings. The first-order valence-electron chi connectivity index (χ1n) is 5.66. The van der Waals surface area contributed by atoms with Gasteiger partial charge < -0.3 is 4.74 Å². The van der Waals surface area contributed by atoms with Crippen molar-refractivity contribution in [1.29, 1.82) is 0 Å². The summed E-state index contributed by atoms with van der Waals surface area (Å²) in [7, 11) is 0. The molecule has 0 radical (unpaired) electrons. The second-order valence-electron chi connectivity index (χ2n) is 4.04. The lowest BCUT2D eigenvalue weighted by Crippen LogP contribution is -2.11. The lowest BCUT2D eigenvalue weighted by molar-refractivity contribution is -0.133. The van der Waals surface area contributed by atoms with Crippen molar-refractivity contribution in [3.8, 4) is 5.75 Å². The number of carbonyl (C=O) groups is 1. The zero-order valence-electron chi connectivity index (χ0n) is 10.0. The molecule has 0 atom stereocenters. The average molecular weight is 261 g/mol. The predicted molar refractivity (Wildman–Crippen MR) is 72.0 cm³/mol. The van der Waals surface area contributed by atoms with Crippen molar-refractivity contribution >= 4 is 17.6 Å². The Hall–Kier alpha value is -1.80. The van der Waals surface area contributed by atoms with E-state index in [9.17, 15) is 4.79 Å². The highest BCUT2D eigenvalue weighted by Crippen LogP contribution is 2.17. The summed E-state index contributed by atoms with van der Waals surface area (Å²) in [5, 5.41) is 0.658. The summed E-state index contributed by atoms with van der Waals surface area (Å²) in [6.45, 7) is 1.91. The number of para-hydroxylation sites is 1. The number of benzene rings is 2. The summed E-state index contributed by atoms with van der Waals surface area (Å²) >= 11 is 5.78. The van der Waals surface area contributed by atoms with Gasteiger partial charge in [-0.3, -0.25) is 4.79 Å². The molecule has 92 valence electrons. The fourth-order valence-electron chi connectivity index (χ4n) is 1.60. The van der Waals surface area contributed by atoms with E-state index in [0.29, 0.717) is 10.8 Å². The van der Waals surface area contributed by atoms with Crippen molar-refractivity contribution in [3.05, 3.63) is 64.7 Å². The summed E-state index contributed by atoms with van der Waals surface area (Å²) in [6, 6.07) is 14.6. The monoisotopic (exact) mass is 260 g/mol. The minimum Gasteiger partial charge on any atom is -0.426 e. The van der Waals surface area contributed by atoms with E-state index < -0.39 is 0 Å². The van der Waals surface area contributed by atoms with Gasteiger partial charge in [-0.2, -0.15) is 0 Å². The number of rotatable bonds is 3. The van der Waals surface area contributed by atoms with Gasteiger partial charge in [0.15, 0.2) is 0 Å². The van der Waals surface area contributed by atoms with E-state index in [1.807, 2.05) is 37.3 Å². The quantitative estimate of drug-likeness (QED) is 0.620. The molecule has 0 N–H and O–H groups in total. The van der Waals surface area contributed by atoms with Crippen LogP contribution in [0.5, 0.6) is 5.75 Å². The highest BCUT2D eigenvalue weighted by Gasteiger charge is 2.07. The summed E-state index contributed by atoms with van der Waals surface area (Å²) in [5.41, 5.74) is 1.83. The van der Waals surface area contributed by atoms with Crippen molar-refractivity contribution in [1.82, 2.24) is 0 Å². The Balaban J connectivity index is 2.01. The van der Waals surface area contributed by atoms with Crippen LogP contribution in [-0.2, 0) is 11.2 Å². The molecule has 2 nitrogen and oxygen atoms in total. The third kappa shape index (κ3) is 3.34. The molecule has 2 aromatic carbocycles. The van der Waals surface area contributed by atoms with Gasteiger partial charge in [0.1, 0.15) is 5.75 Å². The predicted octanol–water partition coefficient (Wildman–Crippen LogP) is 3.80. The van der Waals surface area contributed by atoms with Gasteiger partial charge in [-0.05, 0) is 36.2 Å². The molecule has 18 heavy (non-hydrogen) atoms. The van der Waals surface area contributed by atoms with Gasteiger partial charge >= 0.3 is 5.97 Å². The first kappa shape index (κ1) is 12.7. The summed E-state index contributed by atoms with van der Waals surface area (Å²) in [6.07, 6.45) is 0.242. The normalized spacial score (nSPS) is 10.1. The molecule has 0 aliphatic carbocycles. The molecular weight excluding hydrogens is 248 g/mol. The van der Waals surface area contributed by atoms with Crippen LogP contribution < -0.4 is 4.74 Å². The van der Waals surface area contributed by atoms with Crippen LogP contribution in [0.15, 0.2) is 48.5 Å². The van der Waals surface area contributed by atoms with Crippen LogP contribution in [0.2, 0.25) is 5.02 Å². The van der Waals surface area contributed by atoms with E-state index in [2.05, 4.69) is 0 Å². The van der Waals surface area contributed by atoms with Crippen molar-refractivity contribution in [2.24, 2.45) is 0 Å². The van der Waals surface area contributed by atoms with Crippen LogP contribution in [-0.4, -0.2) is 5.97 Å². The Morgan fingerprint density at radius 3 is 2.44 bits per heavy atom. The minimum absolute atomic E-state index is 0.242. The topological polar surface area (TPSA) is 26.3 Å². The molecule has 0 unspecified atom stereocenters. The summed E-state index contributed by atoms with van der Waals surface area (Å²) in [4.78, 5) is 11.8. The maximum atomic E-state index is 11.8. The number of halogens is 1. The number of ether oxygens (including phenoxy) is 1. The maximum absolute atomic E-state index is 11.8. The Kier molecular flexibility index (Phi) is 4.00. The molecule has 3 heteroatoms. The van der Waals surface area contributed by atoms with Crippen LogP contribution in [0, 0.1) is 6.92 Å². The average Bonchev–Trinajstić information content (AvgIpc) is 2.35. The molecule has 0 bridgehead atoms. The number of aryl methyl sites for hydroxylation is 1. The molecule has 0 amide bonds. The van der Waals surface area contributed by atoms with Gasteiger partial charge in [-0.15, -0.1) is 0 Å². The molecule has 2 rings (SSSR count). The fourth-order valence-corrected chi connectivity index (χ4v) is 1.72. The van der Waals surface area contributed by atoms with Crippen LogP contribution in [0.3, 0.4) is 0 Å². The molecule has 0 saturated heterocycles. The van der Waals surface area contributed by atoms with E-state index in [1.54, 1.807) is 18.2 Å². The summed E-state index contributed by atoms with van der Waals surface area (Å²) < 4.78 is 5.31. The van der Waals surface area contributed by atoms with Crippen molar-refractivity contribution in [3.63, 3.8) is 0 Å². The van der Waals surface area contributed by atoms with Gasteiger partial charge in [-0.1, -0.05) is 41.9 Å². The second-order valence-corrected chi connectivity index (χ2v) is 4.48. The van der Waals surface area contributed by atoms with E-state index in [-0.39, 0.29) is 12.4 Å². The second kappa shape index (κ2) is 5.69. The molecule has 0 heterocycles. The Bertz CT molecular complexity index is 547. The van der Waals surface area contributed by atoms with E-state index in [0.717, 1.165) is 11.1 Å². The van der Waals surface area contributed by atoms with Crippen LogP contribution in [0.4, 0.5) is 0 Å². The lowest BCUT2D eigenvalue weighted by Gasteiger charge is -2.06. The SMILES string of the molecule is Cc1ccccc1OC(=O)Cc1ccc(Cl)cc1. The van der Waals surface area contributed by atoms with Crippen molar-refractivity contribution < 1.29 is 9.53 Å². The molecule has 0 aliphatic heterocycles. The van der Waals surface area contributed by atoms with E-state index in [4.69, 9.17) is 16.3 Å². The number of hydrogen-bond donors (Lipinski definition) is 0.